The smallest absolute Gasteiger partial charge is 0.341 e. The van der Waals surface area contributed by atoms with E-state index in [1.165, 1.54) is 23.1 Å². The molecule has 0 spiro atoms. The summed E-state index contributed by atoms with van der Waals surface area (Å²) >= 11 is 0. The van der Waals surface area contributed by atoms with Crippen molar-refractivity contribution in [2.45, 2.75) is 6.92 Å². The summed E-state index contributed by atoms with van der Waals surface area (Å²) in [6.45, 7) is 2.86. The molecule has 0 unspecified atom stereocenters. The van der Waals surface area contributed by atoms with Gasteiger partial charge in [0, 0.05) is 38.1 Å². The number of carboxylic acid groups (broad SMARTS) is 1. The topological polar surface area (TPSA) is 94.8 Å². The quantitative estimate of drug-likeness (QED) is 0.550. The molecule has 2 aromatic carbocycles. The van der Waals surface area contributed by atoms with Crippen LogP contribution in [0.15, 0.2) is 29.2 Å². The number of hydrogen-bond acceptors (Lipinski definition) is 5. The highest BCUT2D eigenvalue weighted by Gasteiger charge is 2.30. The fourth-order valence-electron chi connectivity index (χ4n) is 3.87. The maximum Gasteiger partial charge on any atom is 0.341 e. The number of pyridine rings is 1. The number of piperazine rings is 1. The van der Waals surface area contributed by atoms with Crippen LogP contribution in [0.25, 0.3) is 16.6 Å². The number of carboxylic acids is 1. The Morgan fingerprint density at radius 3 is 2.39 bits per heavy atom. The third kappa shape index (κ3) is 3.28. The number of phenols is 1. The van der Waals surface area contributed by atoms with Crippen LogP contribution in [0.1, 0.15) is 15.9 Å². The summed E-state index contributed by atoms with van der Waals surface area (Å²) < 4.78 is 46.8. The van der Waals surface area contributed by atoms with Crippen molar-refractivity contribution in [3.05, 3.63) is 63.2 Å². The number of aromatic hydroxyl groups is 1. The third-order valence-corrected chi connectivity index (χ3v) is 5.35. The zero-order chi connectivity index (χ0) is 22.4. The summed E-state index contributed by atoms with van der Waals surface area (Å²) in [7, 11) is 0. The molecule has 1 aliphatic heterocycles. The predicted octanol–water partition coefficient (Wildman–Crippen LogP) is 2.53. The predicted molar refractivity (Wildman–Crippen MR) is 108 cm³/mol. The summed E-state index contributed by atoms with van der Waals surface area (Å²) in [5.74, 6) is -6.08. The first-order valence-corrected chi connectivity index (χ1v) is 9.47. The van der Waals surface area contributed by atoms with Gasteiger partial charge in [0.2, 0.25) is 5.43 Å². The molecule has 10 heteroatoms. The molecule has 0 amide bonds. The van der Waals surface area contributed by atoms with E-state index in [4.69, 9.17) is 0 Å². The van der Waals surface area contributed by atoms with Crippen molar-refractivity contribution in [2.75, 3.05) is 31.1 Å². The van der Waals surface area contributed by atoms with Crippen LogP contribution < -0.4 is 15.6 Å². The summed E-state index contributed by atoms with van der Waals surface area (Å²) in [5.41, 5.74) is -2.75. The molecule has 7 nitrogen and oxygen atoms in total. The first kappa shape index (κ1) is 20.7. The van der Waals surface area contributed by atoms with Gasteiger partial charge < -0.3 is 25.0 Å². The lowest BCUT2D eigenvalue weighted by Gasteiger charge is -2.30. The van der Waals surface area contributed by atoms with Gasteiger partial charge >= 0.3 is 5.97 Å². The van der Waals surface area contributed by atoms with E-state index in [0.29, 0.717) is 18.7 Å². The van der Waals surface area contributed by atoms with E-state index >= 15 is 8.78 Å². The molecule has 1 saturated heterocycles. The molecule has 0 saturated carbocycles. The second-order valence-electron chi connectivity index (χ2n) is 7.27. The Morgan fingerprint density at radius 1 is 1.10 bits per heavy atom. The number of nitrogens with zero attached hydrogens (tertiary/aromatic N) is 2. The van der Waals surface area contributed by atoms with Gasteiger partial charge in [0.1, 0.15) is 17.0 Å². The number of hydrogen-bond donors (Lipinski definition) is 3. The Kier molecular flexibility index (Phi) is 5.10. The van der Waals surface area contributed by atoms with Gasteiger partial charge in [-0.1, -0.05) is 0 Å². The van der Waals surface area contributed by atoms with Crippen molar-refractivity contribution >= 4 is 22.6 Å². The maximum absolute atomic E-state index is 15.7. The molecule has 3 aromatic rings. The highest BCUT2D eigenvalue weighted by atomic mass is 19.2. The highest BCUT2D eigenvalue weighted by molar-refractivity contribution is 5.95. The average Bonchev–Trinajstić information content (AvgIpc) is 2.73. The van der Waals surface area contributed by atoms with Crippen LogP contribution >= 0.6 is 0 Å². The molecular formula is C21H18F3N3O4. The van der Waals surface area contributed by atoms with Gasteiger partial charge in [0.05, 0.1) is 10.9 Å². The monoisotopic (exact) mass is 433 g/mol. The van der Waals surface area contributed by atoms with Crippen molar-refractivity contribution in [1.82, 2.24) is 9.88 Å². The third-order valence-electron chi connectivity index (χ3n) is 5.35. The normalized spacial score (nSPS) is 14.3. The summed E-state index contributed by atoms with van der Waals surface area (Å²) in [5, 5.41) is 21.1. The van der Waals surface area contributed by atoms with Crippen LogP contribution in [0.3, 0.4) is 0 Å². The van der Waals surface area contributed by atoms with Gasteiger partial charge in [0.15, 0.2) is 17.5 Å². The molecule has 0 radical (unpaired) electrons. The molecule has 0 bridgehead atoms. The number of aryl methyl sites for hydroxylation is 1. The van der Waals surface area contributed by atoms with E-state index < -0.39 is 51.0 Å². The van der Waals surface area contributed by atoms with Crippen LogP contribution in [0.2, 0.25) is 0 Å². The lowest BCUT2D eigenvalue weighted by Crippen LogP contribution is -2.44. The fraction of sp³-hybridized carbons (Fsp3) is 0.238. The highest BCUT2D eigenvalue weighted by Crippen LogP contribution is 2.34. The molecule has 162 valence electrons. The van der Waals surface area contributed by atoms with E-state index in [9.17, 15) is 24.2 Å². The Morgan fingerprint density at radius 2 is 1.77 bits per heavy atom. The van der Waals surface area contributed by atoms with Crippen LogP contribution in [0.5, 0.6) is 5.75 Å². The van der Waals surface area contributed by atoms with Gasteiger partial charge in [-0.2, -0.15) is 0 Å². The summed E-state index contributed by atoms with van der Waals surface area (Å²) in [6.07, 6.45) is 0.883. The van der Waals surface area contributed by atoms with E-state index in [2.05, 4.69) is 5.32 Å². The van der Waals surface area contributed by atoms with Gasteiger partial charge in [-0.25, -0.2) is 18.0 Å². The molecule has 2 heterocycles. The Labute approximate surface area is 174 Å². The Balaban J connectivity index is 2.18. The van der Waals surface area contributed by atoms with Crippen LogP contribution in [0.4, 0.5) is 18.9 Å². The van der Waals surface area contributed by atoms with Crippen LogP contribution in [-0.2, 0) is 0 Å². The van der Waals surface area contributed by atoms with Gasteiger partial charge in [0.25, 0.3) is 0 Å². The molecule has 1 aliphatic rings. The van der Waals surface area contributed by atoms with Crippen molar-refractivity contribution in [3.63, 3.8) is 0 Å². The van der Waals surface area contributed by atoms with Crippen molar-refractivity contribution in [1.29, 1.82) is 0 Å². The van der Waals surface area contributed by atoms with Gasteiger partial charge in [-0.05, 0) is 30.7 Å². The minimum Gasteiger partial charge on any atom is -0.508 e. The molecule has 4 rings (SSSR count). The van der Waals surface area contributed by atoms with Crippen molar-refractivity contribution in [3.8, 4) is 11.4 Å². The van der Waals surface area contributed by atoms with E-state index in [1.54, 1.807) is 6.92 Å². The van der Waals surface area contributed by atoms with E-state index in [1.807, 2.05) is 0 Å². The second-order valence-corrected chi connectivity index (χ2v) is 7.27. The maximum atomic E-state index is 15.7. The average molecular weight is 433 g/mol. The minimum absolute atomic E-state index is 0.0933. The van der Waals surface area contributed by atoms with E-state index in [-0.39, 0.29) is 24.5 Å². The number of carbonyl (C=O) groups is 1. The number of rotatable bonds is 3. The number of aromatic carboxylic acids is 1. The number of aromatic nitrogens is 1. The number of benzene rings is 2. The number of fused-ring (bicyclic) bond motifs is 1. The molecular weight excluding hydrogens is 415 g/mol. The van der Waals surface area contributed by atoms with Gasteiger partial charge in [-0.15, -0.1) is 0 Å². The molecule has 1 aromatic heterocycles. The van der Waals surface area contributed by atoms with Crippen molar-refractivity contribution in [2.24, 2.45) is 0 Å². The molecule has 0 atom stereocenters. The molecule has 31 heavy (non-hydrogen) atoms. The standard InChI is InChI=1S/C21H18F3N3O4/c1-10-8-11(28)2-3-13(10)27-9-12(21(30)31)20(29)14-15(22)16(23)19(17(24)18(14)27)26-6-4-25-5-7-26/h2-3,8-9,25,28H,4-7H2,1H3,(H,30,31). The number of anilines is 1. The van der Waals surface area contributed by atoms with Gasteiger partial charge in [-0.3, -0.25) is 4.79 Å². The zero-order valence-corrected chi connectivity index (χ0v) is 16.4. The van der Waals surface area contributed by atoms with E-state index in [0.717, 1.165) is 10.8 Å². The number of nitrogens with one attached hydrogen (secondary N) is 1. The molecule has 1 fully saturated rings. The Bertz CT molecular complexity index is 1280. The Hall–Kier alpha value is -3.53. The van der Waals surface area contributed by atoms with Crippen LogP contribution in [0, 0.1) is 24.4 Å². The van der Waals surface area contributed by atoms with Crippen molar-refractivity contribution < 1.29 is 28.2 Å². The number of halogens is 3. The lowest BCUT2D eigenvalue weighted by molar-refractivity contribution is 0.0695. The lowest BCUT2D eigenvalue weighted by atomic mass is 10.1. The minimum atomic E-state index is -1.66. The first-order chi connectivity index (χ1) is 14.7. The SMILES string of the molecule is Cc1cc(O)ccc1-n1cc(C(=O)O)c(=O)c2c(F)c(F)c(N3CCNCC3)c(F)c21. The fourth-order valence-corrected chi connectivity index (χ4v) is 3.87. The van der Waals surface area contributed by atoms with Crippen LogP contribution in [-0.4, -0.2) is 46.9 Å². The first-order valence-electron chi connectivity index (χ1n) is 9.47. The zero-order valence-electron chi connectivity index (χ0n) is 16.4. The number of phenolic OH excluding ortho intramolecular Hbond substituents is 1. The molecule has 3 N–H and O–H groups in total. The summed E-state index contributed by atoms with van der Waals surface area (Å²) in [4.78, 5) is 25.6. The molecule has 0 aliphatic carbocycles. The largest absolute Gasteiger partial charge is 0.508 e. The second kappa shape index (κ2) is 7.62. The summed E-state index contributed by atoms with van der Waals surface area (Å²) in [6, 6.07) is 3.99.